The molecule has 1 aliphatic rings. The number of rotatable bonds is 3. The van der Waals surface area contributed by atoms with Crippen molar-refractivity contribution in [3.05, 3.63) is 34.1 Å². The van der Waals surface area contributed by atoms with Gasteiger partial charge in [0.2, 0.25) is 0 Å². The van der Waals surface area contributed by atoms with Crippen LogP contribution < -0.4 is 5.73 Å². The molecule has 2 nitrogen and oxygen atoms in total. The van der Waals surface area contributed by atoms with Crippen LogP contribution in [0.4, 0.5) is 4.39 Å². The van der Waals surface area contributed by atoms with Gasteiger partial charge in [0.05, 0.1) is 16.6 Å². The van der Waals surface area contributed by atoms with Crippen molar-refractivity contribution in [3.8, 4) is 0 Å². The summed E-state index contributed by atoms with van der Waals surface area (Å²) in [6, 6.07) is 4.37. The Morgan fingerprint density at radius 3 is 2.56 bits per heavy atom. The molecule has 5 heteroatoms. The van der Waals surface area contributed by atoms with Crippen LogP contribution >= 0.6 is 28.3 Å². The first-order valence-corrected chi connectivity index (χ1v) is 6.78. The molecular formula is C13H18BrClFNO. The standard InChI is InChI=1S/C13H17BrFNO.ClH/c14-10-7-3-6-9(11(10)15)12(16)13(17)8-4-1-2-5-8;/h3,6-8,12-13,17H,1-2,4-5,16H2;1H/t12-,13+;/m0./s1. The van der Waals surface area contributed by atoms with E-state index < -0.39 is 12.1 Å². The van der Waals surface area contributed by atoms with Gasteiger partial charge < -0.3 is 10.8 Å². The number of aliphatic hydroxyl groups excluding tert-OH is 1. The van der Waals surface area contributed by atoms with Gasteiger partial charge in [0.15, 0.2) is 0 Å². The molecule has 2 rings (SSSR count). The summed E-state index contributed by atoms with van der Waals surface area (Å²) < 4.78 is 14.3. The van der Waals surface area contributed by atoms with E-state index in [2.05, 4.69) is 15.9 Å². The summed E-state index contributed by atoms with van der Waals surface area (Å²) in [7, 11) is 0. The molecule has 0 aliphatic heterocycles. The monoisotopic (exact) mass is 337 g/mol. The van der Waals surface area contributed by atoms with Crippen molar-refractivity contribution in [1.82, 2.24) is 0 Å². The van der Waals surface area contributed by atoms with Crippen molar-refractivity contribution in [3.63, 3.8) is 0 Å². The lowest BCUT2D eigenvalue weighted by Crippen LogP contribution is -2.32. The Hall–Kier alpha value is -0.160. The van der Waals surface area contributed by atoms with Gasteiger partial charge in [-0.2, -0.15) is 0 Å². The molecule has 0 spiro atoms. The minimum Gasteiger partial charge on any atom is -0.391 e. The van der Waals surface area contributed by atoms with Crippen molar-refractivity contribution >= 4 is 28.3 Å². The summed E-state index contributed by atoms with van der Waals surface area (Å²) in [5.41, 5.74) is 6.36. The van der Waals surface area contributed by atoms with E-state index in [4.69, 9.17) is 5.73 Å². The van der Waals surface area contributed by atoms with Crippen molar-refractivity contribution in [2.45, 2.75) is 37.8 Å². The van der Waals surface area contributed by atoms with Gasteiger partial charge >= 0.3 is 0 Å². The van der Waals surface area contributed by atoms with E-state index >= 15 is 0 Å². The van der Waals surface area contributed by atoms with Crippen LogP contribution in [0.25, 0.3) is 0 Å². The molecule has 0 radical (unpaired) electrons. The van der Waals surface area contributed by atoms with E-state index in [9.17, 15) is 9.50 Å². The van der Waals surface area contributed by atoms with E-state index in [-0.39, 0.29) is 24.1 Å². The zero-order valence-corrected chi connectivity index (χ0v) is 12.4. The maximum atomic E-state index is 13.9. The van der Waals surface area contributed by atoms with Gasteiger partial charge in [-0.15, -0.1) is 12.4 Å². The van der Waals surface area contributed by atoms with Crippen LogP contribution in [0.5, 0.6) is 0 Å². The van der Waals surface area contributed by atoms with Crippen molar-refractivity contribution in [2.75, 3.05) is 0 Å². The topological polar surface area (TPSA) is 46.2 Å². The largest absolute Gasteiger partial charge is 0.391 e. The van der Waals surface area contributed by atoms with Gasteiger partial charge in [-0.1, -0.05) is 25.0 Å². The van der Waals surface area contributed by atoms with Gasteiger partial charge in [0.1, 0.15) is 5.82 Å². The molecule has 0 saturated heterocycles. The third kappa shape index (κ3) is 3.23. The number of hydrogen-bond donors (Lipinski definition) is 2. The first kappa shape index (κ1) is 15.9. The lowest BCUT2D eigenvalue weighted by Gasteiger charge is -2.25. The molecule has 0 unspecified atom stereocenters. The number of benzene rings is 1. The highest BCUT2D eigenvalue weighted by Crippen LogP contribution is 2.34. The maximum absolute atomic E-state index is 13.9. The quantitative estimate of drug-likeness (QED) is 0.885. The summed E-state index contributed by atoms with van der Waals surface area (Å²) in [6.45, 7) is 0. The van der Waals surface area contributed by atoms with Crippen LogP contribution in [0.15, 0.2) is 22.7 Å². The number of halogens is 3. The predicted octanol–water partition coefficient (Wildman–Crippen LogP) is 3.56. The molecule has 102 valence electrons. The molecule has 0 aromatic heterocycles. The van der Waals surface area contributed by atoms with Crippen molar-refractivity contribution in [2.24, 2.45) is 11.7 Å². The van der Waals surface area contributed by atoms with Crippen LogP contribution in [-0.4, -0.2) is 11.2 Å². The highest BCUT2D eigenvalue weighted by molar-refractivity contribution is 9.10. The minimum atomic E-state index is -0.652. The molecular weight excluding hydrogens is 321 g/mol. The number of hydrogen-bond acceptors (Lipinski definition) is 2. The van der Waals surface area contributed by atoms with E-state index in [1.54, 1.807) is 18.2 Å². The molecule has 0 bridgehead atoms. The Kier molecular flexibility index (Phi) is 6.05. The predicted molar refractivity (Wildman–Crippen MR) is 76.2 cm³/mol. The van der Waals surface area contributed by atoms with Gasteiger partial charge in [-0.05, 0) is 40.8 Å². The summed E-state index contributed by atoms with van der Waals surface area (Å²) in [6.07, 6.45) is 3.60. The van der Waals surface area contributed by atoms with Crippen molar-refractivity contribution < 1.29 is 9.50 Å². The first-order valence-electron chi connectivity index (χ1n) is 5.99. The van der Waals surface area contributed by atoms with E-state index in [0.29, 0.717) is 10.0 Å². The molecule has 0 amide bonds. The fourth-order valence-corrected chi connectivity index (χ4v) is 2.94. The Labute approximate surface area is 121 Å². The highest BCUT2D eigenvalue weighted by atomic mass is 79.9. The Bertz CT molecular complexity index is 399. The fourth-order valence-electron chi connectivity index (χ4n) is 2.55. The zero-order chi connectivity index (χ0) is 12.4. The van der Waals surface area contributed by atoms with Gasteiger partial charge in [-0.3, -0.25) is 0 Å². The van der Waals surface area contributed by atoms with E-state index in [1.165, 1.54) is 0 Å². The fraction of sp³-hybridized carbons (Fsp3) is 0.538. The molecule has 0 heterocycles. The molecule has 18 heavy (non-hydrogen) atoms. The lowest BCUT2D eigenvalue weighted by atomic mass is 9.91. The second-order valence-electron chi connectivity index (χ2n) is 4.70. The highest BCUT2D eigenvalue weighted by Gasteiger charge is 2.30. The summed E-state index contributed by atoms with van der Waals surface area (Å²) in [5.74, 6) is -0.152. The molecule has 1 fully saturated rings. The summed E-state index contributed by atoms with van der Waals surface area (Å²) in [4.78, 5) is 0. The molecule has 1 saturated carbocycles. The molecule has 2 atom stereocenters. The third-order valence-corrected chi connectivity index (χ3v) is 4.20. The van der Waals surface area contributed by atoms with Crippen molar-refractivity contribution in [1.29, 1.82) is 0 Å². The average Bonchev–Trinajstić information content (AvgIpc) is 2.84. The van der Waals surface area contributed by atoms with Crippen LogP contribution in [0.2, 0.25) is 0 Å². The SMILES string of the molecule is Cl.N[C@@H](c1cccc(Br)c1F)[C@H](O)C1CCCC1. The van der Waals surface area contributed by atoms with Crippen LogP contribution in [0, 0.1) is 11.7 Å². The van der Waals surface area contributed by atoms with E-state index in [0.717, 1.165) is 25.7 Å². The van der Waals surface area contributed by atoms with Crippen LogP contribution in [-0.2, 0) is 0 Å². The molecule has 1 aliphatic carbocycles. The van der Waals surface area contributed by atoms with Crippen LogP contribution in [0.3, 0.4) is 0 Å². The van der Waals surface area contributed by atoms with Gasteiger partial charge in [0, 0.05) is 5.56 Å². The Morgan fingerprint density at radius 1 is 1.33 bits per heavy atom. The normalized spacial score (nSPS) is 19.3. The van der Waals surface area contributed by atoms with Gasteiger partial charge in [0.25, 0.3) is 0 Å². The minimum absolute atomic E-state index is 0. The number of nitrogens with two attached hydrogens (primary N) is 1. The molecule has 1 aromatic rings. The summed E-state index contributed by atoms with van der Waals surface area (Å²) in [5, 5.41) is 10.2. The van der Waals surface area contributed by atoms with Crippen LogP contribution in [0.1, 0.15) is 37.3 Å². The van der Waals surface area contributed by atoms with E-state index in [1.807, 2.05) is 0 Å². The Balaban J connectivity index is 0.00000162. The molecule has 1 aromatic carbocycles. The summed E-state index contributed by atoms with van der Waals surface area (Å²) >= 11 is 3.13. The second kappa shape index (κ2) is 6.85. The average molecular weight is 339 g/mol. The maximum Gasteiger partial charge on any atom is 0.142 e. The third-order valence-electron chi connectivity index (χ3n) is 3.59. The number of aliphatic hydroxyl groups is 1. The zero-order valence-electron chi connectivity index (χ0n) is 9.98. The molecule has 3 N–H and O–H groups in total. The Morgan fingerprint density at radius 2 is 1.94 bits per heavy atom. The second-order valence-corrected chi connectivity index (χ2v) is 5.56. The first-order chi connectivity index (χ1) is 8.11. The smallest absolute Gasteiger partial charge is 0.142 e. The van der Waals surface area contributed by atoms with Gasteiger partial charge in [-0.25, -0.2) is 4.39 Å². The lowest BCUT2D eigenvalue weighted by molar-refractivity contribution is 0.0832.